The maximum atomic E-state index is 9.63. The van der Waals surface area contributed by atoms with Crippen molar-refractivity contribution in [3.05, 3.63) is 10.1 Å². The van der Waals surface area contributed by atoms with E-state index in [9.17, 15) is 10.1 Å². The maximum absolute atomic E-state index is 9.63. The van der Waals surface area contributed by atoms with Gasteiger partial charge in [-0.1, -0.05) is 0 Å². The lowest BCUT2D eigenvalue weighted by molar-refractivity contribution is -0.485. The molecule has 6 heteroatoms. The Bertz CT molecular complexity index is 141. The van der Waals surface area contributed by atoms with Crippen molar-refractivity contribution >= 4 is 5.96 Å². The van der Waals surface area contributed by atoms with Gasteiger partial charge in [-0.2, -0.15) is 0 Å². The van der Waals surface area contributed by atoms with Gasteiger partial charge in [-0.15, -0.1) is 0 Å². The molecule has 0 radical (unpaired) electrons. The number of hydrogen-bond acceptors (Lipinski definition) is 2. The highest BCUT2D eigenvalue weighted by atomic mass is 16.7. The number of nitrogens with two attached hydrogens (primary N) is 1. The smallest absolute Gasteiger partial charge is 0.268 e. The molecule has 0 unspecified atom stereocenters. The molecule has 6 nitrogen and oxygen atoms in total. The zero-order valence-corrected chi connectivity index (χ0v) is 5.24. The fraction of sp³-hybridized carbons (Fsp3) is 0.667. The highest BCUT2D eigenvalue weighted by Crippen LogP contribution is 1.75. The first-order valence-corrected chi connectivity index (χ1v) is 2.20. The van der Waals surface area contributed by atoms with Crippen LogP contribution in [-0.4, -0.2) is 30.0 Å². The molecule has 0 heterocycles. The Hall–Kier alpha value is -1.33. The third-order valence-corrected chi connectivity index (χ3v) is 0.642. The van der Waals surface area contributed by atoms with Gasteiger partial charge in [0.15, 0.2) is 5.03 Å². The average Bonchev–Trinajstić information content (AvgIpc) is 1.63. The van der Waals surface area contributed by atoms with Crippen molar-refractivity contribution < 1.29 is 5.03 Å². The second kappa shape index (κ2) is 2.85. The second-order valence-corrected chi connectivity index (χ2v) is 1.59. The highest BCUT2D eigenvalue weighted by molar-refractivity contribution is 5.76. The molecule has 9 heavy (non-hydrogen) atoms. The minimum absolute atomic E-state index is 0.111. The van der Waals surface area contributed by atoms with Crippen LogP contribution in [0.1, 0.15) is 0 Å². The van der Waals surface area contributed by atoms with Crippen LogP contribution in [0.3, 0.4) is 0 Å². The quantitative estimate of drug-likeness (QED) is 0.216. The normalized spacial score (nSPS) is 11.1. The van der Waals surface area contributed by atoms with Crippen molar-refractivity contribution in [2.24, 2.45) is 10.8 Å². The minimum atomic E-state index is -0.838. The van der Waals surface area contributed by atoms with Crippen LogP contribution in [0.5, 0.6) is 0 Å². The molecule has 0 spiro atoms. The Morgan fingerprint density at radius 2 is 2.22 bits per heavy atom. The lowest BCUT2D eigenvalue weighted by Gasteiger charge is -2.05. The molecule has 2 N–H and O–H groups in total. The lowest BCUT2D eigenvalue weighted by Crippen LogP contribution is -2.31. The van der Waals surface area contributed by atoms with Gasteiger partial charge in [-0.3, -0.25) is 0 Å². The van der Waals surface area contributed by atoms with Crippen molar-refractivity contribution in [3.8, 4) is 0 Å². The molecular weight excluding hydrogens is 124 g/mol. The van der Waals surface area contributed by atoms with Crippen LogP contribution < -0.4 is 5.73 Å². The van der Waals surface area contributed by atoms with E-state index >= 15 is 0 Å². The van der Waals surface area contributed by atoms with Crippen molar-refractivity contribution in [1.82, 2.24) is 4.90 Å². The van der Waals surface area contributed by atoms with Gasteiger partial charge in [0.1, 0.15) is 5.10 Å². The largest absolute Gasteiger partial charge is 0.365 e. The molecule has 0 aromatic carbocycles. The number of rotatable bonds is 1. The third kappa shape index (κ3) is 3.27. The standard InChI is InChI=1S/C3H8N4O2/c1-6(2)3(4)5-7(8)9/h1-2H3,(H2,4,5). The van der Waals surface area contributed by atoms with Crippen LogP contribution in [0.15, 0.2) is 5.10 Å². The van der Waals surface area contributed by atoms with E-state index < -0.39 is 5.03 Å². The third-order valence-electron chi connectivity index (χ3n) is 0.642. The summed E-state index contributed by atoms with van der Waals surface area (Å²) < 4.78 is 0. The minimum Gasteiger partial charge on any atom is -0.365 e. The molecule has 0 aromatic heterocycles. The van der Waals surface area contributed by atoms with Gasteiger partial charge < -0.3 is 10.6 Å². The second-order valence-electron chi connectivity index (χ2n) is 1.59. The van der Waals surface area contributed by atoms with Gasteiger partial charge in [0.25, 0.3) is 5.96 Å². The maximum Gasteiger partial charge on any atom is 0.268 e. The van der Waals surface area contributed by atoms with E-state index in [4.69, 9.17) is 5.73 Å². The summed E-state index contributed by atoms with van der Waals surface area (Å²) in [5.74, 6) is -0.111. The van der Waals surface area contributed by atoms with Crippen LogP contribution in [-0.2, 0) is 0 Å². The summed E-state index contributed by atoms with van der Waals surface area (Å²) >= 11 is 0. The molecule has 0 saturated carbocycles. The summed E-state index contributed by atoms with van der Waals surface area (Å²) in [7, 11) is 3.14. The lowest BCUT2D eigenvalue weighted by atomic mass is 10.8. The number of hydrogen-bond donors (Lipinski definition) is 1. The predicted molar refractivity (Wildman–Crippen MR) is 32.3 cm³/mol. The summed E-state index contributed by atoms with van der Waals surface area (Å²) in [6, 6.07) is 0. The van der Waals surface area contributed by atoms with Crippen molar-refractivity contribution in [2.75, 3.05) is 14.1 Å². The molecule has 52 valence electrons. The molecule has 0 fully saturated rings. The van der Waals surface area contributed by atoms with Gasteiger partial charge in [-0.05, 0) is 0 Å². The van der Waals surface area contributed by atoms with Crippen molar-refractivity contribution in [2.45, 2.75) is 0 Å². The van der Waals surface area contributed by atoms with Crippen LogP contribution >= 0.6 is 0 Å². The molecule has 0 atom stereocenters. The molecule has 0 aromatic rings. The summed E-state index contributed by atoms with van der Waals surface area (Å²) in [6.45, 7) is 0. The molecule has 0 bridgehead atoms. The number of nitrogens with zero attached hydrogens (tertiary/aromatic N) is 3. The van der Waals surface area contributed by atoms with E-state index in [0.717, 1.165) is 0 Å². The Morgan fingerprint density at radius 1 is 1.78 bits per heavy atom. The van der Waals surface area contributed by atoms with Crippen LogP contribution in [0.25, 0.3) is 0 Å². The topological polar surface area (TPSA) is 84.8 Å². The van der Waals surface area contributed by atoms with Gasteiger partial charge in [0.05, 0.1) is 0 Å². The molecule has 0 amide bonds. The Morgan fingerprint density at radius 3 is 2.33 bits per heavy atom. The SMILES string of the molecule is CN(C)/C(N)=N/[N+](=O)[O-]. The van der Waals surface area contributed by atoms with Crippen LogP contribution in [0, 0.1) is 10.1 Å². The monoisotopic (exact) mass is 132 g/mol. The molecule has 0 aliphatic rings. The summed E-state index contributed by atoms with van der Waals surface area (Å²) in [5.41, 5.74) is 5.05. The highest BCUT2D eigenvalue weighted by Gasteiger charge is 1.98. The summed E-state index contributed by atoms with van der Waals surface area (Å²) in [6.07, 6.45) is 0. The molecular formula is C3H8N4O2. The molecule has 0 aliphatic heterocycles. The fourth-order valence-electron chi connectivity index (χ4n) is 0.173. The van der Waals surface area contributed by atoms with Crippen molar-refractivity contribution in [3.63, 3.8) is 0 Å². The Labute approximate surface area is 52.1 Å². The van der Waals surface area contributed by atoms with E-state index in [0.29, 0.717) is 0 Å². The molecule has 0 saturated heterocycles. The molecule has 0 aliphatic carbocycles. The van der Waals surface area contributed by atoms with Gasteiger partial charge in [0.2, 0.25) is 0 Å². The summed E-state index contributed by atoms with van der Waals surface area (Å²) in [5, 5.41) is 11.6. The van der Waals surface area contributed by atoms with Crippen LogP contribution in [0.2, 0.25) is 0 Å². The van der Waals surface area contributed by atoms with E-state index in [1.54, 1.807) is 14.1 Å². The average molecular weight is 132 g/mol. The van der Waals surface area contributed by atoms with Gasteiger partial charge >= 0.3 is 0 Å². The number of hydrazone groups is 1. The number of guanidine groups is 1. The first-order chi connectivity index (χ1) is 4.04. The Balaban J connectivity index is 4.00. The van der Waals surface area contributed by atoms with E-state index in [1.807, 2.05) is 0 Å². The first kappa shape index (κ1) is 7.67. The summed E-state index contributed by atoms with van der Waals surface area (Å²) in [4.78, 5) is 11.0. The van der Waals surface area contributed by atoms with Crippen LogP contribution in [0.4, 0.5) is 0 Å². The zero-order valence-electron chi connectivity index (χ0n) is 5.24. The van der Waals surface area contributed by atoms with Gasteiger partial charge in [0, 0.05) is 14.1 Å². The number of nitro groups is 1. The van der Waals surface area contributed by atoms with Crippen molar-refractivity contribution in [1.29, 1.82) is 0 Å². The fourth-order valence-corrected chi connectivity index (χ4v) is 0.173. The zero-order chi connectivity index (χ0) is 7.44. The van der Waals surface area contributed by atoms with E-state index in [1.165, 1.54) is 4.90 Å². The Kier molecular flexibility index (Phi) is 2.43. The van der Waals surface area contributed by atoms with E-state index in [2.05, 4.69) is 5.10 Å². The predicted octanol–water partition coefficient (Wildman–Crippen LogP) is -0.946. The first-order valence-electron chi connectivity index (χ1n) is 2.20. The van der Waals surface area contributed by atoms with Gasteiger partial charge in [-0.25, -0.2) is 10.1 Å². The van der Waals surface area contributed by atoms with E-state index in [-0.39, 0.29) is 5.96 Å². The molecule has 0 rings (SSSR count).